The molecule has 2 N–H and O–H groups in total. The summed E-state index contributed by atoms with van der Waals surface area (Å²) in [7, 11) is 0. The molecule has 0 amide bonds. The van der Waals surface area contributed by atoms with Crippen LogP contribution < -0.4 is 10.6 Å². The van der Waals surface area contributed by atoms with Crippen molar-refractivity contribution < 1.29 is 0 Å². The standard InChI is InChI=1S/C16H17ClN2S/c1-3-19(12-6-4-11(2)5-7-12)13-8-9-14(16(18)20)15(17)10-13/h4-10H,3H2,1-2H3,(H2,18,20). The van der Waals surface area contributed by atoms with Crippen LogP contribution in [0.25, 0.3) is 0 Å². The number of nitrogens with two attached hydrogens (primary N) is 1. The minimum Gasteiger partial charge on any atom is -0.389 e. The van der Waals surface area contributed by atoms with Crippen LogP contribution in [0.4, 0.5) is 11.4 Å². The van der Waals surface area contributed by atoms with Crippen molar-refractivity contribution in [2.45, 2.75) is 13.8 Å². The Kier molecular flexibility index (Phi) is 4.63. The molecule has 2 aromatic rings. The Hall–Kier alpha value is -1.58. The molecule has 4 heteroatoms. The summed E-state index contributed by atoms with van der Waals surface area (Å²) in [6.07, 6.45) is 0. The predicted molar refractivity (Wildman–Crippen MR) is 91.2 cm³/mol. The molecule has 2 rings (SSSR count). The zero-order valence-electron chi connectivity index (χ0n) is 11.6. The Balaban J connectivity index is 2.39. The van der Waals surface area contributed by atoms with Crippen molar-refractivity contribution in [3.8, 4) is 0 Å². The van der Waals surface area contributed by atoms with Gasteiger partial charge in [-0.1, -0.05) is 41.5 Å². The first-order chi connectivity index (χ1) is 9.52. The van der Waals surface area contributed by atoms with Crippen LogP contribution in [0, 0.1) is 6.92 Å². The Morgan fingerprint density at radius 3 is 2.25 bits per heavy atom. The molecule has 0 aromatic heterocycles. The summed E-state index contributed by atoms with van der Waals surface area (Å²) in [5.41, 5.74) is 9.76. The zero-order chi connectivity index (χ0) is 14.7. The highest BCUT2D eigenvalue weighted by atomic mass is 35.5. The first-order valence-corrected chi connectivity index (χ1v) is 7.25. The molecule has 2 nitrogen and oxygen atoms in total. The molecular weight excluding hydrogens is 288 g/mol. The highest BCUT2D eigenvalue weighted by Crippen LogP contribution is 2.29. The van der Waals surface area contributed by atoms with E-state index in [1.807, 2.05) is 18.2 Å². The average molecular weight is 305 g/mol. The van der Waals surface area contributed by atoms with Crippen LogP contribution in [-0.2, 0) is 0 Å². The molecule has 0 aliphatic rings. The van der Waals surface area contributed by atoms with E-state index in [2.05, 4.69) is 43.0 Å². The number of halogens is 1. The number of aryl methyl sites for hydroxylation is 1. The summed E-state index contributed by atoms with van der Waals surface area (Å²) in [4.78, 5) is 2.51. The second-order valence-corrected chi connectivity index (χ2v) is 5.46. The molecule has 0 unspecified atom stereocenters. The Labute approximate surface area is 130 Å². The number of benzene rings is 2. The van der Waals surface area contributed by atoms with Gasteiger partial charge in [0.1, 0.15) is 4.99 Å². The van der Waals surface area contributed by atoms with E-state index >= 15 is 0 Å². The molecule has 0 atom stereocenters. The lowest BCUT2D eigenvalue weighted by atomic mass is 10.1. The SMILES string of the molecule is CCN(c1ccc(C)cc1)c1ccc(C(N)=S)c(Cl)c1. The molecule has 0 saturated heterocycles. The van der Waals surface area contributed by atoms with E-state index in [1.165, 1.54) is 5.56 Å². The van der Waals surface area contributed by atoms with Crippen LogP contribution in [0.3, 0.4) is 0 Å². The summed E-state index contributed by atoms with van der Waals surface area (Å²) >= 11 is 11.2. The summed E-state index contributed by atoms with van der Waals surface area (Å²) in [6.45, 7) is 5.04. The van der Waals surface area contributed by atoms with Crippen molar-refractivity contribution >= 4 is 40.2 Å². The fourth-order valence-corrected chi connectivity index (χ4v) is 2.62. The lowest BCUT2D eigenvalue weighted by Crippen LogP contribution is -2.17. The zero-order valence-corrected chi connectivity index (χ0v) is 13.1. The molecule has 0 radical (unpaired) electrons. The van der Waals surface area contributed by atoms with E-state index < -0.39 is 0 Å². The monoisotopic (exact) mass is 304 g/mol. The van der Waals surface area contributed by atoms with Crippen LogP contribution in [-0.4, -0.2) is 11.5 Å². The first-order valence-electron chi connectivity index (χ1n) is 6.46. The largest absolute Gasteiger partial charge is 0.389 e. The number of rotatable bonds is 4. The maximum Gasteiger partial charge on any atom is 0.105 e. The van der Waals surface area contributed by atoms with Crippen molar-refractivity contribution in [3.05, 3.63) is 58.6 Å². The van der Waals surface area contributed by atoms with Gasteiger partial charge in [0, 0.05) is 23.5 Å². The Morgan fingerprint density at radius 2 is 1.75 bits per heavy atom. The van der Waals surface area contributed by atoms with E-state index in [0.29, 0.717) is 15.6 Å². The molecule has 0 fully saturated rings. The molecule has 0 spiro atoms. The van der Waals surface area contributed by atoms with Gasteiger partial charge in [-0.25, -0.2) is 0 Å². The van der Waals surface area contributed by atoms with Gasteiger partial charge in [-0.2, -0.15) is 0 Å². The molecule has 0 aliphatic carbocycles. The van der Waals surface area contributed by atoms with Gasteiger partial charge < -0.3 is 10.6 Å². The lowest BCUT2D eigenvalue weighted by molar-refractivity contribution is 1.02. The van der Waals surface area contributed by atoms with Crippen molar-refractivity contribution in [3.63, 3.8) is 0 Å². The number of hydrogen-bond acceptors (Lipinski definition) is 2. The maximum absolute atomic E-state index is 6.24. The van der Waals surface area contributed by atoms with Crippen molar-refractivity contribution in [2.75, 3.05) is 11.4 Å². The average Bonchev–Trinajstić information content (AvgIpc) is 2.41. The molecule has 104 valence electrons. The van der Waals surface area contributed by atoms with Crippen LogP contribution in [0.1, 0.15) is 18.1 Å². The van der Waals surface area contributed by atoms with Crippen LogP contribution in [0.2, 0.25) is 5.02 Å². The van der Waals surface area contributed by atoms with Gasteiger partial charge in [-0.3, -0.25) is 0 Å². The minimum atomic E-state index is 0.319. The molecule has 2 aromatic carbocycles. The number of thiocarbonyl (C=S) groups is 1. The third-order valence-corrected chi connectivity index (χ3v) is 3.72. The van der Waals surface area contributed by atoms with E-state index in [4.69, 9.17) is 29.6 Å². The second-order valence-electron chi connectivity index (χ2n) is 4.61. The minimum absolute atomic E-state index is 0.319. The molecule has 0 heterocycles. The second kappa shape index (κ2) is 6.25. The third kappa shape index (κ3) is 3.11. The molecule has 0 saturated carbocycles. The smallest absolute Gasteiger partial charge is 0.105 e. The van der Waals surface area contributed by atoms with Crippen molar-refractivity contribution in [2.24, 2.45) is 5.73 Å². The van der Waals surface area contributed by atoms with Gasteiger partial charge in [0.05, 0.1) is 5.02 Å². The fraction of sp³-hybridized carbons (Fsp3) is 0.188. The molecular formula is C16H17ClN2S. The predicted octanol–water partition coefficient (Wildman–Crippen LogP) is 4.44. The number of anilines is 2. The van der Waals surface area contributed by atoms with Crippen molar-refractivity contribution in [1.82, 2.24) is 0 Å². The highest BCUT2D eigenvalue weighted by molar-refractivity contribution is 7.80. The summed E-state index contributed by atoms with van der Waals surface area (Å²) < 4.78 is 0. The summed E-state index contributed by atoms with van der Waals surface area (Å²) in [5.74, 6) is 0. The van der Waals surface area contributed by atoms with E-state index in [0.717, 1.165) is 17.9 Å². The Morgan fingerprint density at radius 1 is 1.15 bits per heavy atom. The van der Waals surface area contributed by atoms with Crippen LogP contribution >= 0.6 is 23.8 Å². The van der Waals surface area contributed by atoms with Gasteiger partial charge in [0.2, 0.25) is 0 Å². The maximum atomic E-state index is 6.24. The van der Waals surface area contributed by atoms with E-state index in [1.54, 1.807) is 0 Å². The fourth-order valence-electron chi connectivity index (χ4n) is 2.11. The van der Waals surface area contributed by atoms with Gasteiger partial charge in [-0.15, -0.1) is 0 Å². The summed E-state index contributed by atoms with van der Waals surface area (Å²) in [5, 5.41) is 0.584. The number of hydrogen-bond donors (Lipinski definition) is 1. The quantitative estimate of drug-likeness (QED) is 0.847. The van der Waals surface area contributed by atoms with Gasteiger partial charge in [0.15, 0.2) is 0 Å². The van der Waals surface area contributed by atoms with Gasteiger partial charge in [0.25, 0.3) is 0 Å². The van der Waals surface area contributed by atoms with Crippen molar-refractivity contribution in [1.29, 1.82) is 0 Å². The van der Waals surface area contributed by atoms with Crippen LogP contribution in [0.5, 0.6) is 0 Å². The van der Waals surface area contributed by atoms with E-state index in [9.17, 15) is 0 Å². The van der Waals surface area contributed by atoms with E-state index in [-0.39, 0.29) is 0 Å². The normalized spacial score (nSPS) is 10.3. The third-order valence-electron chi connectivity index (χ3n) is 3.19. The number of nitrogens with zero attached hydrogens (tertiary/aromatic N) is 1. The molecule has 0 bridgehead atoms. The van der Waals surface area contributed by atoms with Gasteiger partial charge >= 0.3 is 0 Å². The lowest BCUT2D eigenvalue weighted by Gasteiger charge is -2.24. The topological polar surface area (TPSA) is 29.3 Å². The molecule has 0 aliphatic heterocycles. The summed E-state index contributed by atoms with van der Waals surface area (Å²) in [6, 6.07) is 14.2. The highest BCUT2D eigenvalue weighted by Gasteiger charge is 2.10. The van der Waals surface area contributed by atoms with Gasteiger partial charge in [-0.05, 0) is 44.2 Å². The Bertz CT molecular complexity index is 623. The first kappa shape index (κ1) is 14.8. The van der Waals surface area contributed by atoms with Crippen LogP contribution in [0.15, 0.2) is 42.5 Å². The molecule has 20 heavy (non-hydrogen) atoms.